The molecule has 0 spiro atoms. The zero-order valence-corrected chi connectivity index (χ0v) is 10.0. The molecular weight excluding hydrogens is 172 g/mol. The Morgan fingerprint density at radius 1 is 1.21 bits per heavy atom. The first-order chi connectivity index (χ1) is 6.72. The lowest BCUT2D eigenvalue weighted by Gasteiger charge is -2.43. The summed E-state index contributed by atoms with van der Waals surface area (Å²) in [6.45, 7) is 10.2. The minimum Gasteiger partial charge on any atom is -0.317 e. The van der Waals surface area contributed by atoms with Crippen LogP contribution in [0.15, 0.2) is 0 Å². The van der Waals surface area contributed by atoms with E-state index in [0.29, 0.717) is 5.54 Å². The molecule has 1 unspecified atom stereocenters. The molecule has 0 aromatic rings. The van der Waals surface area contributed by atoms with Crippen molar-refractivity contribution in [3.05, 3.63) is 0 Å². The summed E-state index contributed by atoms with van der Waals surface area (Å²) < 4.78 is 0. The standard InChI is InChI=1S/C12H26N2/c1-4-12(7-6-8-12)14-10-11(3)9-13-5-2/h11,13-14H,4-10H2,1-3H3. The maximum atomic E-state index is 3.75. The molecule has 2 nitrogen and oxygen atoms in total. The fourth-order valence-electron chi connectivity index (χ4n) is 2.11. The summed E-state index contributed by atoms with van der Waals surface area (Å²) in [6.07, 6.45) is 5.48. The minimum atomic E-state index is 0.514. The third kappa shape index (κ3) is 3.25. The number of nitrogens with one attached hydrogen (secondary N) is 2. The monoisotopic (exact) mass is 198 g/mol. The Balaban J connectivity index is 2.12. The summed E-state index contributed by atoms with van der Waals surface area (Å²) in [4.78, 5) is 0. The maximum absolute atomic E-state index is 3.75. The molecule has 0 heterocycles. The lowest BCUT2D eigenvalue weighted by molar-refractivity contribution is 0.169. The maximum Gasteiger partial charge on any atom is 0.0179 e. The average molecular weight is 198 g/mol. The Hall–Kier alpha value is -0.0800. The van der Waals surface area contributed by atoms with Gasteiger partial charge in [0, 0.05) is 5.54 Å². The number of hydrogen-bond acceptors (Lipinski definition) is 2. The van der Waals surface area contributed by atoms with Crippen LogP contribution in [-0.2, 0) is 0 Å². The highest BCUT2D eigenvalue weighted by molar-refractivity contribution is 4.94. The average Bonchev–Trinajstić information content (AvgIpc) is 2.14. The van der Waals surface area contributed by atoms with Gasteiger partial charge in [-0.15, -0.1) is 0 Å². The van der Waals surface area contributed by atoms with E-state index in [1.807, 2.05) is 0 Å². The van der Waals surface area contributed by atoms with Crippen LogP contribution in [0.5, 0.6) is 0 Å². The predicted molar refractivity (Wildman–Crippen MR) is 62.6 cm³/mol. The summed E-state index contributed by atoms with van der Waals surface area (Å²) >= 11 is 0. The van der Waals surface area contributed by atoms with Crippen molar-refractivity contribution in [2.45, 2.75) is 52.0 Å². The minimum absolute atomic E-state index is 0.514. The lowest BCUT2D eigenvalue weighted by atomic mass is 9.74. The highest BCUT2D eigenvalue weighted by atomic mass is 15.0. The van der Waals surface area contributed by atoms with Gasteiger partial charge in [-0.05, 0) is 51.2 Å². The van der Waals surface area contributed by atoms with Crippen molar-refractivity contribution in [1.82, 2.24) is 10.6 Å². The zero-order valence-electron chi connectivity index (χ0n) is 10.0. The Morgan fingerprint density at radius 3 is 2.36 bits per heavy atom. The van der Waals surface area contributed by atoms with E-state index in [1.165, 1.54) is 32.2 Å². The molecule has 1 atom stereocenters. The molecule has 2 N–H and O–H groups in total. The van der Waals surface area contributed by atoms with E-state index in [1.54, 1.807) is 0 Å². The molecule has 0 aromatic heterocycles. The van der Waals surface area contributed by atoms with Crippen molar-refractivity contribution < 1.29 is 0 Å². The van der Waals surface area contributed by atoms with Crippen LogP contribution in [0.3, 0.4) is 0 Å². The van der Waals surface area contributed by atoms with E-state index in [-0.39, 0.29) is 0 Å². The SMILES string of the molecule is CCNCC(C)CNC1(CC)CCC1. The summed E-state index contributed by atoms with van der Waals surface area (Å²) in [6, 6.07) is 0. The summed E-state index contributed by atoms with van der Waals surface area (Å²) in [7, 11) is 0. The van der Waals surface area contributed by atoms with E-state index in [9.17, 15) is 0 Å². The second kappa shape index (κ2) is 5.72. The van der Waals surface area contributed by atoms with E-state index in [4.69, 9.17) is 0 Å². The predicted octanol–water partition coefficient (Wildman–Crippen LogP) is 2.15. The van der Waals surface area contributed by atoms with Crippen LogP contribution in [0.2, 0.25) is 0 Å². The fourth-order valence-corrected chi connectivity index (χ4v) is 2.11. The molecule has 0 amide bonds. The fraction of sp³-hybridized carbons (Fsp3) is 1.00. The topological polar surface area (TPSA) is 24.1 Å². The molecule has 1 fully saturated rings. The molecule has 0 aromatic carbocycles. The summed E-state index contributed by atoms with van der Waals surface area (Å²) in [5.41, 5.74) is 0.514. The molecule has 0 aliphatic heterocycles. The van der Waals surface area contributed by atoms with Gasteiger partial charge in [-0.2, -0.15) is 0 Å². The molecule has 1 rings (SSSR count). The van der Waals surface area contributed by atoms with Gasteiger partial charge in [0.05, 0.1) is 0 Å². The van der Waals surface area contributed by atoms with Gasteiger partial charge in [0.25, 0.3) is 0 Å². The summed E-state index contributed by atoms with van der Waals surface area (Å²) in [5.74, 6) is 0.749. The third-order valence-corrected chi connectivity index (χ3v) is 3.56. The highest BCUT2D eigenvalue weighted by Crippen LogP contribution is 2.34. The second-order valence-corrected chi connectivity index (χ2v) is 4.78. The van der Waals surface area contributed by atoms with Crippen LogP contribution in [-0.4, -0.2) is 25.2 Å². The van der Waals surface area contributed by atoms with E-state index in [2.05, 4.69) is 31.4 Å². The van der Waals surface area contributed by atoms with Gasteiger partial charge >= 0.3 is 0 Å². The molecule has 14 heavy (non-hydrogen) atoms. The normalized spacial score (nSPS) is 21.6. The van der Waals surface area contributed by atoms with Gasteiger partial charge in [-0.3, -0.25) is 0 Å². The second-order valence-electron chi connectivity index (χ2n) is 4.78. The first kappa shape index (κ1) is 12.0. The van der Waals surface area contributed by atoms with Gasteiger partial charge in [0.2, 0.25) is 0 Å². The molecule has 0 radical (unpaired) electrons. The first-order valence-corrected chi connectivity index (χ1v) is 6.18. The van der Waals surface area contributed by atoms with Gasteiger partial charge in [-0.1, -0.05) is 20.8 Å². The smallest absolute Gasteiger partial charge is 0.0179 e. The van der Waals surface area contributed by atoms with E-state index < -0.39 is 0 Å². The van der Waals surface area contributed by atoms with E-state index >= 15 is 0 Å². The molecule has 2 heteroatoms. The lowest BCUT2D eigenvalue weighted by Crippen LogP contribution is -2.52. The van der Waals surface area contributed by atoms with Crippen LogP contribution in [0.4, 0.5) is 0 Å². The molecule has 0 saturated heterocycles. The van der Waals surface area contributed by atoms with Gasteiger partial charge in [-0.25, -0.2) is 0 Å². The van der Waals surface area contributed by atoms with Crippen molar-refractivity contribution in [2.24, 2.45) is 5.92 Å². The van der Waals surface area contributed by atoms with Crippen molar-refractivity contribution in [3.63, 3.8) is 0 Å². The van der Waals surface area contributed by atoms with Crippen LogP contribution in [0.25, 0.3) is 0 Å². The quantitative estimate of drug-likeness (QED) is 0.655. The van der Waals surface area contributed by atoms with Crippen molar-refractivity contribution in [1.29, 1.82) is 0 Å². The molecule has 1 aliphatic rings. The summed E-state index contributed by atoms with van der Waals surface area (Å²) in [5, 5.41) is 7.15. The highest BCUT2D eigenvalue weighted by Gasteiger charge is 2.34. The van der Waals surface area contributed by atoms with Crippen molar-refractivity contribution in [3.8, 4) is 0 Å². The van der Waals surface area contributed by atoms with Gasteiger partial charge < -0.3 is 10.6 Å². The first-order valence-electron chi connectivity index (χ1n) is 6.18. The van der Waals surface area contributed by atoms with Crippen LogP contribution in [0, 0.1) is 5.92 Å². The van der Waals surface area contributed by atoms with Crippen molar-refractivity contribution in [2.75, 3.05) is 19.6 Å². The Bertz CT molecular complexity index is 147. The molecule has 1 aliphatic carbocycles. The van der Waals surface area contributed by atoms with Crippen LogP contribution >= 0.6 is 0 Å². The molecule has 1 saturated carbocycles. The Morgan fingerprint density at radius 2 is 1.93 bits per heavy atom. The Kier molecular flexibility index (Phi) is 4.90. The largest absolute Gasteiger partial charge is 0.317 e. The number of hydrogen-bond donors (Lipinski definition) is 2. The van der Waals surface area contributed by atoms with Crippen LogP contribution in [0.1, 0.15) is 46.5 Å². The van der Waals surface area contributed by atoms with Gasteiger partial charge in [0.15, 0.2) is 0 Å². The molecule has 0 bridgehead atoms. The van der Waals surface area contributed by atoms with Crippen molar-refractivity contribution >= 4 is 0 Å². The number of rotatable bonds is 7. The molecular formula is C12H26N2. The zero-order chi connectivity index (χ0) is 10.4. The van der Waals surface area contributed by atoms with Gasteiger partial charge in [0.1, 0.15) is 0 Å². The van der Waals surface area contributed by atoms with Crippen LogP contribution < -0.4 is 10.6 Å². The third-order valence-electron chi connectivity index (χ3n) is 3.56. The molecule has 84 valence electrons. The Labute approximate surface area is 88.8 Å². The van der Waals surface area contributed by atoms with E-state index in [0.717, 1.165) is 19.0 Å².